The maximum atomic E-state index is 12.6. The van der Waals surface area contributed by atoms with Crippen molar-refractivity contribution in [3.05, 3.63) is 29.3 Å². The molecule has 1 saturated heterocycles. The number of carboxylic acids is 1. The Labute approximate surface area is 179 Å². The minimum Gasteiger partial charge on any atom is -0.535 e. The number of aromatic carboxylic acids is 1. The van der Waals surface area contributed by atoms with Crippen molar-refractivity contribution < 1.29 is 29.2 Å². The third-order valence-corrected chi connectivity index (χ3v) is 5.42. The third-order valence-electron chi connectivity index (χ3n) is 5.42. The highest BCUT2D eigenvalue weighted by atomic mass is 16.5. The fraction of sp³-hybridized carbons (Fsp3) is 0.474. The highest BCUT2D eigenvalue weighted by molar-refractivity contribution is 6.47. The number of amides is 1. The van der Waals surface area contributed by atoms with E-state index in [-0.39, 0.29) is 48.5 Å². The molecule has 3 rings (SSSR count). The number of aliphatic imine (C=N–C) groups is 1. The summed E-state index contributed by atoms with van der Waals surface area (Å²) in [6.07, 6.45) is 0.339. The molecule has 1 fully saturated rings. The second-order valence-electron chi connectivity index (χ2n) is 7.71. The molecule has 0 aliphatic carbocycles. The summed E-state index contributed by atoms with van der Waals surface area (Å²) >= 11 is 0. The van der Waals surface area contributed by atoms with Crippen LogP contribution in [-0.2, 0) is 16.0 Å². The lowest BCUT2D eigenvalue weighted by atomic mass is 9.64. The zero-order valence-corrected chi connectivity index (χ0v) is 17.1. The lowest BCUT2D eigenvalue weighted by Crippen LogP contribution is -2.52. The molecular weight excluding hydrogens is 405 g/mol. The number of Topliss-reactive ketones (excluding diaryl/α,β-unsaturated/α-hetero) is 1. The van der Waals surface area contributed by atoms with E-state index in [1.165, 1.54) is 11.0 Å². The van der Waals surface area contributed by atoms with Gasteiger partial charge in [0.1, 0.15) is 5.75 Å². The van der Waals surface area contributed by atoms with Crippen molar-refractivity contribution in [2.24, 2.45) is 16.5 Å². The van der Waals surface area contributed by atoms with Crippen molar-refractivity contribution in [3.8, 4) is 5.75 Å². The average Bonchev–Trinajstić information content (AvgIpc) is 2.69. The maximum absolute atomic E-state index is 12.6. The van der Waals surface area contributed by atoms with Crippen LogP contribution in [0.5, 0.6) is 5.75 Å². The summed E-state index contributed by atoms with van der Waals surface area (Å²) in [5.41, 5.74) is 11.2. The number of guanidine groups is 1. The molecule has 1 amide bonds. The largest absolute Gasteiger partial charge is 0.535 e. The van der Waals surface area contributed by atoms with Crippen LogP contribution >= 0.6 is 0 Å². The van der Waals surface area contributed by atoms with Crippen molar-refractivity contribution in [2.45, 2.75) is 18.7 Å². The molecule has 0 spiro atoms. The number of carbonyl (C=O) groups is 3. The number of hydrogen-bond donors (Lipinski definition) is 4. The molecule has 0 saturated carbocycles. The van der Waals surface area contributed by atoms with E-state index in [4.69, 9.17) is 16.1 Å². The van der Waals surface area contributed by atoms with Gasteiger partial charge < -0.3 is 31.2 Å². The normalized spacial score (nSPS) is 18.9. The number of hydrogen-bond acceptors (Lipinski definition) is 7. The van der Waals surface area contributed by atoms with Crippen LogP contribution in [0.1, 0.15) is 22.3 Å². The number of benzene rings is 1. The van der Waals surface area contributed by atoms with Crippen LogP contribution in [0.25, 0.3) is 0 Å². The number of para-hydroxylation sites is 1. The predicted octanol–water partition coefficient (Wildman–Crippen LogP) is -1.45. The molecule has 11 nitrogen and oxygen atoms in total. The van der Waals surface area contributed by atoms with E-state index in [9.17, 15) is 24.5 Å². The molecule has 0 bridgehead atoms. The van der Waals surface area contributed by atoms with Gasteiger partial charge in [0, 0.05) is 31.9 Å². The molecule has 1 atom stereocenters. The minimum atomic E-state index is -1.29. The molecule has 1 aromatic rings. The molecule has 1 aromatic carbocycles. The standard InChI is InChI=1S/C19H26BN5O6/c21-19(22)23-4-5-24-6-7-25(16(27)11-24)10-14(26)9-13-8-12-2-1-3-15(18(28)29)17(12)31-20(13)30/h1-3,13,30H,4-11H2,(H,28,29)(H4,21,22,23)/t13-/m1/s1. The number of nitrogens with two attached hydrogens (primary N) is 2. The van der Waals surface area contributed by atoms with Crippen LogP contribution in [0.4, 0.5) is 0 Å². The molecule has 2 aliphatic rings. The molecule has 6 N–H and O–H groups in total. The number of carbonyl (C=O) groups excluding carboxylic acids is 2. The lowest BCUT2D eigenvalue weighted by Gasteiger charge is -2.34. The molecule has 0 radical (unpaired) electrons. The van der Waals surface area contributed by atoms with Crippen molar-refractivity contribution in [2.75, 3.05) is 39.3 Å². The van der Waals surface area contributed by atoms with Crippen molar-refractivity contribution in [1.29, 1.82) is 0 Å². The molecular formula is C19H26BN5O6. The Morgan fingerprint density at radius 1 is 1.29 bits per heavy atom. The smallest absolute Gasteiger partial charge is 0.526 e. The molecule has 166 valence electrons. The number of ketones is 1. The van der Waals surface area contributed by atoms with Gasteiger partial charge >= 0.3 is 13.1 Å². The fourth-order valence-corrected chi connectivity index (χ4v) is 3.83. The van der Waals surface area contributed by atoms with Gasteiger partial charge in [-0.1, -0.05) is 12.1 Å². The van der Waals surface area contributed by atoms with E-state index in [1.807, 2.05) is 4.90 Å². The van der Waals surface area contributed by atoms with Gasteiger partial charge in [-0.2, -0.15) is 0 Å². The van der Waals surface area contributed by atoms with Gasteiger partial charge in [0.05, 0.1) is 25.2 Å². The van der Waals surface area contributed by atoms with Crippen LogP contribution < -0.4 is 16.1 Å². The van der Waals surface area contributed by atoms with E-state index in [1.54, 1.807) is 12.1 Å². The Bertz CT molecular complexity index is 891. The summed E-state index contributed by atoms with van der Waals surface area (Å²) in [6.45, 7) is 2.13. The first-order valence-electron chi connectivity index (χ1n) is 10.0. The van der Waals surface area contributed by atoms with Crippen molar-refractivity contribution in [1.82, 2.24) is 9.80 Å². The van der Waals surface area contributed by atoms with Crippen LogP contribution in [0.3, 0.4) is 0 Å². The Hall–Kier alpha value is -3.12. The zero-order valence-electron chi connectivity index (χ0n) is 17.1. The van der Waals surface area contributed by atoms with E-state index >= 15 is 0 Å². The van der Waals surface area contributed by atoms with Crippen LogP contribution in [-0.4, -0.2) is 89.9 Å². The summed E-state index contributed by atoms with van der Waals surface area (Å²) in [5, 5.41) is 19.6. The Morgan fingerprint density at radius 3 is 2.74 bits per heavy atom. The van der Waals surface area contributed by atoms with Gasteiger partial charge in [0.2, 0.25) is 5.91 Å². The Kier molecular flexibility index (Phi) is 7.13. The highest BCUT2D eigenvalue weighted by Crippen LogP contribution is 2.36. The highest BCUT2D eigenvalue weighted by Gasteiger charge is 2.38. The fourth-order valence-electron chi connectivity index (χ4n) is 3.83. The van der Waals surface area contributed by atoms with Crippen molar-refractivity contribution >= 4 is 30.7 Å². The average molecular weight is 431 g/mol. The molecule has 31 heavy (non-hydrogen) atoms. The molecule has 2 aliphatic heterocycles. The van der Waals surface area contributed by atoms with E-state index in [2.05, 4.69) is 4.99 Å². The second kappa shape index (κ2) is 9.79. The molecule has 0 unspecified atom stereocenters. The Balaban J connectivity index is 1.52. The summed E-state index contributed by atoms with van der Waals surface area (Å²) in [7, 11) is -1.29. The third kappa shape index (κ3) is 5.73. The van der Waals surface area contributed by atoms with E-state index in [0.717, 1.165) is 0 Å². The van der Waals surface area contributed by atoms with Gasteiger partial charge in [-0.15, -0.1) is 0 Å². The summed E-state index contributed by atoms with van der Waals surface area (Å²) < 4.78 is 5.42. The first-order valence-corrected chi connectivity index (χ1v) is 10.0. The number of piperazine rings is 1. The molecule has 2 heterocycles. The summed E-state index contributed by atoms with van der Waals surface area (Å²) in [5.74, 6) is -1.85. The van der Waals surface area contributed by atoms with Crippen LogP contribution in [0.2, 0.25) is 5.82 Å². The lowest BCUT2D eigenvalue weighted by molar-refractivity contribution is -0.139. The van der Waals surface area contributed by atoms with Gasteiger partial charge in [0.15, 0.2) is 11.7 Å². The summed E-state index contributed by atoms with van der Waals surface area (Å²) in [4.78, 5) is 43.6. The van der Waals surface area contributed by atoms with Gasteiger partial charge in [-0.25, -0.2) is 4.79 Å². The van der Waals surface area contributed by atoms with Gasteiger partial charge in [-0.3, -0.25) is 19.5 Å². The van der Waals surface area contributed by atoms with Crippen LogP contribution in [0, 0.1) is 0 Å². The zero-order chi connectivity index (χ0) is 22.5. The second-order valence-corrected chi connectivity index (χ2v) is 7.71. The summed E-state index contributed by atoms with van der Waals surface area (Å²) in [6, 6.07) is 4.73. The first kappa shape index (κ1) is 22.6. The van der Waals surface area contributed by atoms with Crippen LogP contribution in [0.15, 0.2) is 23.2 Å². The minimum absolute atomic E-state index is 0.00578. The predicted molar refractivity (Wildman–Crippen MR) is 113 cm³/mol. The first-order chi connectivity index (χ1) is 14.7. The number of rotatable bonds is 8. The number of carboxylic acid groups (broad SMARTS) is 1. The topological polar surface area (TPSA) is 172 Å². The molecule has 12 heteroatoms. The van der Waals surface area contributed by atoms with E-state index < -0.39 is 18.9 Å². The number of fused-ring (bicyclic) bond motifs is 1. The number of nitrogens with zero attached hydrogens (tertiary/aromatic N) is 3. The maximum Gasteiger partial charge on any atom is 0.526 e. The Morgan fingerprint density at radius 2 is 2.06 bits per heavy atom. The van der Waals surface area contributed by atoms with Gasteiger partial charge in [0.25, 0.3) is 0 Å². The van der Waals surface area contributed by atoms with Gasteiger partial charge in [-0.05, 0) is 18.1 Å². The quantitative estimate of drug-likeness (QED) is 0.218. The van der Waals surface area contributed by atoms with E-state index in [0.29, 0.717) is 38.2 Å². The monoisotopic (exact) mass is 431 g/mol. The molecule has 0 aromatic heterocycles. The SMILES string of the molecule is NC(N)=NCCN1CCN(CC(=O)C[C@H]2Cc3cccc(C(=O)O)c3OB2O)C(=O)C1. The van der Waals surface area contributed by atoms with Crippen molar-refractivity contribution in [3.63, 3.8) is 0 Å².